The Kier molecular flexibility index (Phi) is 9.08. The number of hydrogen-bond donors (Lipinski definition) is 1. The third-order valence-electron chi connectivity index (χ3n) is 5.63. The van der Waals surface area contributed by atoms with Gasteiger partial charge < -0.3 is 14.9 Å². The number of benzene rings is 1. The molecule has 1 aromatic carbocycles. The summed E-state index contributed by atoms with van der Waals surface area (Å²) in [6.45, 7) is 6.17. The van der Waals surface area contributed by atoms with Crippen LogP contribution < -0.4 is 0 Å². The monoisotopic (exact) mass is 382 g/mol. The first-order valence-corrected chi connectivity index (χ1v) is 9.64. The molecule has 0 saturated heterocycles. The SMILES string of the molecule is CCN(CC)C(=O)C(c1ccccc1)C1(O)CCCCC1CN(C)C.Cl. The summed E-state index contributed by atoms with van der Waals surface area (Å²) in [4.78, 5) is 17.4. The lowest BCUT2D eigenvalue weighted by atomic mass is 9.65. The number of halogens is 1. The molecule has 0 heterocycles. The van der Waals surface area contributed by atoms with Crippen LogP contribution in [0.2, 0.25) is 0 Å². The van der Waals surface area contributed by atoms with E-state index in [0.29, 0.717) is 19.5 Å². The molecule has 0 bridgehead atoms. The fourth-order valence-electron chi connectivity index (χ4n) is 4.33. The van der Waals surface area contributed by atoms with Crippen LogP contribution in [-0.2, 0) is 4.79 Å². The Hall–Kier alpha value is -1.10. The highest BCUT2D eigenvalue weighted by molar-refractivity contribution is 5.85. The van der Waals surface area contributed by atoms with Crippen LogP contribution in [0.5, 0.6) is 0 Å². The minimum Gasteiger partial charge on any atom is -0.388 e. The molecule has 3 unspecified atom stereocenters. The van der Waals surface area contributed by atoms with Crippen molar-refractivity contribution in [2.75, 3.05) is 33.7 Å². The molecule has 1 saturated carbocycles. The predicted molar refractivity (Wildman–Crippen MR) is 110 cm³/mol. The first-order valence-electron chi connectivity index (χ1n) is 9.64. The lowest BCUT2D eigenvalue weighted by Crippen LogP contribution is -2.54. The molecule has 0 aliphatic heterocycles. The second-order valence-electron chi connectivity index (χ2n) is 7.55. The second-order valence-corrected chi connectivity index (χ2v) is 7.55. The molecule has 148 valence electrons. The Labute approximate surface area is 165 Å². The van der Waals surface area contributed by atoms with Gasteiger partial charge in [0.1, 0.15) is 0 Å². The minimum absolute atomic E-state index is 0. The van der Waals surface area contributed by atoms with E-state index in [1.165, 1.54) is 0 Å². The highest BCUT2D eigenvalue weighted by Crippen LogP contribution is 2.45. The Morgan fingerprint density at radius 3 is 2.35 bits per heavy atom. The van der Waals surface area contributed by atoms with Crippen LogP contribution in [-0.4, -0.2) is 60.1 Å². The van der Waals surface area contributed by atoms with Crippen molar-refractivity contribution in [2.45, 2.75) is 51.0 Å². The van der Waals surface area contributed by atoms with Crippen LogP contribution in [0.3, 0.4) is 0 Å². The van der Waals surface area contributed by atoms with Crippen LogP contribution in [0.15, 0.2) is 30.3 Å². The van der Waals surface area contributed by atoms with E-state index < -0.39 is 11.5 Å². The number of likely N-dealkylation sites (N-methyl/N-ethyl adjacent to an activating group) is 1. The molecule has 1 aliphatic carbocycles. The second kappa shape index (κ2) is 10.3. The summed E-state index contributed by atoms with van der Waals surface area (Å²) in [5.41, 5.74) is -0.0450. The summed E-state index contributed by atoms with van der Waals surface area (Å²) in [6, 6.07) is 9.87. The van der Waals surface area contributed by atoms with Crippen LogP contribution in [0.4, 0.5) is 0 Å². The highest BCUT2D eigenvalue weighted by atomic mass is 35.5. The first-order chi connectivity index (χ1) is 11.9. The average Bonchev–Trinajstić information content (AvgIpc) is 2.59. The highest BCUT2D eigenvalue weighted by Gasteiger charge is 2.49. The summed E-state index contributed by atoms with van der Waals surface area (Å²) in [6.07, 6.45) is 3.78. The molecule has 3 atom stereocenters. The normalized spacial score (nSPS) is 24.0. The summed E-state index contributed by atoms with van der Waals surface area (Å²) in [7, 11) is 4.08. The molecule has 5 heteroatoms. The zero-order valence-corrected chi connectivity index (χ0v) is 17.5. The standard InChI is InChI=1S/C21H34N2O2.ClH/c1-5-23(6-2)20(24)19(17-12-8-7-9-13-17)21(25)15-11-10-14-18(21)16-22(3)4;/h7-9,12-13,18-19,25H,5-6,10-11,14-16H2,1-4H3;1H. The van der Waals surface area contributed by atoms with Gasteiger partial charge in [-0.25, -0.2) is 0 Å². The fourth-order valence-corrected chi connectivity index (χ4v) is 4.33. The van der Waals surface area contributed by atoms with Crippen LogP contribution in [0.25, 0.3) is 0 Å². The van der Waals surface area contributed by atoms with E-state index in [1.54, 1.807) is 0 Å². The average molecular weight is 383 g/mol. The minimum atomic E-state index is -0.983. The smallest absolute Gasteiger partial charge is 0.233 e. The number of nitrogens with zero attached hydrogens (tertiary/aromatic N) is 2. The molecule has 0 radical (unpaired) electrons. The van der Waals surface area contributed by atoms with Crippen molar-refractivity contribution in [3.63, 3.8) is 0 Å². The molecule has 2 rings (SSSR count). The Morgan fingerprint density at radius 2 is 1.81 bits per heavy atom. The molecule has 1 amide bonds. The number of hydrogen-bond acceptors (Lipinski definition) is 3. The van der Waals surface area contributed by atoms with Crippen molar-refractivity contribution in [1.82, 2.24) is 9.80 Å². The van der Waals surface area contributed by atoms with Gasteiger partial charge in [0.05, 0.1) is 11.5 Å². The summed E-state index contributed by atoms with van der Waals surface area (Å²) in [5, 5.41) is 11.8. The van der Waals surface area contributed by atoms with Gasteiger partial charge in [0, 0.05) is 25.6 Å². The third kappa shape index (κ3) is 4.99. The zero-order chi connectivity index (χ0) is 18.4. The maximum atomic E-state index is 13.4. The quantitative estimate of drug-likeness (QED) is 0.784. The topological polar surface area (TPSA) is 43.8 Å². The van der Waals surface area contributed by atoms with Gasteiger partial charge in [0.2, 0.25) is 5.91 Å². The Bertz CT molecular complexity index is 548. The number of carbonyl (C=O) groups excluding carboxylic acids is 1. The molecule has 1 fully saturated rings. The molecule has 26 heavy (non-hydrogen) atoms. The van der Waals surface area contributed by atoms with Gasteiger partial charge in [-0.2, -0.15) is 0 Å². The Balaban J connectivity index is 0.00000338. The molecule has 1 aromatic rings. The van der Waals surface area contributed by atoms with Crippen LogP contribution >= 0.6 is 12.4 Å². The van der Waals surface area contributed by atoms with E-state index in [2.05, 4.69) is 4.90 Å². The van der Waals surface area contributed by atoms with Gasteiger partial charge in [-0.1, -0.05) is 43.2 Å². The lowest BCUT2D eigenvalue weighted by Gasteiger charge is -2.46. The molecule has 1 N–H and O–H groups in total. The molecule has 1 aliphatic rings. The lowest BCUT2D eigenvalue weighted by molar-refractivity contribution is -0.146. The number of carbonyl (C=O) groups is 1. The maximum absolute atomic E-state index is 13.4. The number of rotatable bonds is 7. The molecule has 0 spiro atoms. The number of aliphatic hydroxyl groups is 1. The van der Waals surface area contributed by atoms with Gasteiger partial charge in [-0.3, -0.25) is 4.79 Å². The zero-order valence-electron chi connectivity index (χ0n) is 16.6. The van der Waals surface area contributed by atoms with E-state index in [-0.39, 0.29) is 24.2 Å². The van der Waals surface area contributed by atoms with Gasteiger partial charge in [-0.05, 0) is 46.3 Å². The molecule has 0 aromatic heterocycles. The maximum Gasteiger partial charge on any atom is 0.233 e. The van der Waals surface area contributed by atoms with Gasteiger partial charge in [0.25, 0.3) is 0 Å². The van der Waals surface area contributed by atoms with Crippen LogP contribution in [0.1, 0.15) is 51.0 Å². The first kappa shape index (κ1) is 22.9. The Morgan fingerprint density at radius 1 is 1.19 bits per heavy atom. The molecular weight excluding hydrogens is 348 g/mol. The predicted octanol–water partition coefficient (Wildman–Crippen LogP) is 3.54. The van der Waals surface area contributed by atoms with Crippen LogP contribution in [0, 0.1) is 5.92 Å². The summed E-state index contributed by atoms with van der Waals surface area (Å²) >= 11 is 0. The van der Waals surface area contributed by atoms with Crippen molar-refractivity contribution in [3.05, 3.63) is 35.9 Å². The van der Waals surface area contributed by atoms with Crippen molar-refractivity contribution in [1.29, 1.82) is 0 Å². The van der Waals surface area contributed by atoms with Crippen molar-refractivity contribution < 1.29 is 9.90 Å². The largest absolute Gasteiger partial charge is 0.388 e. The molecular formula is C21H35ClN2O2. The van der Waals surface area contributed by atoms with Gasteiger partial charge >= 0.3 is 0 Å². The van der Waals surface area contributed by atoms with E-state index in [4.69, 9.17) is 0 Å². The molecule has 4 nitrogen and oxygen atoms in total. The third-order valence-corrected chi connectivity index (χ3v) is 5.63. The number of amides is 1. The van der Waals surface area contributed by atoms with Crippen molar-refractivity contribution in [3.8, 4) is 0 Å². The summed E-state index contributed by atoms with van der Waals surface area (Å²) in [5.74, 6) is -0.316. The van der Waals surface area contributed by atoms with Gasteiger partial charge in [-0.15, -0.1) is 12.4 Å². The van der Waals surface area contributed by atoms with Crippen molar-refractivity contribution in [2.24, 2.45) is 5.92 Å². The summed E-state index contributed by atoms with van der Waals surface area (Å²) < 4.78 is 0. The fraction of sp³-hybridized carbons (Fsp3) is 0.667. The van der Waals surface area contributed by atoms with E-state index >= 15 is 0 Å². The van der Waals surface area contributed by atoms with E-state index in [0.717, 1.165) is 31.4 Å². The van der Waals surface area contributed by atoms with E-state index in [1.807, 2.05) is 63.2 Å². The van der Waals surface area contributed by atoms with Gasteiger partial charge in [0.15, 0.2) is 0 Å². The van der Waals surface area contributed by atoms with E-state index in [9.17, 15) is 9.90 Å². The van der Waals surface area contributed by atoms with Crippen molar-refractivity contribution >= 4 is 18.3 Å².